The predicted molar refractivity (Wildman–Crippen MR) is 179 cm³/mol. The van der Waals surface area contributed by atoms with Crippen LogP contribution in [0.5, 0.6) is 0 Å². The van der Waals surface area contributed by atoms with E-state index in [0.29, 0.717) is 0 Å². The Morgan fingerprint density at radius 3 is 0.846 bits per heavy atom. The highest BCUT2D eigenvalue weighted by atomic mass is 14.1. The van der Waals surface area contributed by atoms with Crippen molar-refractivity contribution in [3.8, 4) is 0 Å². The second-order valence-electron chi connectivity index (χ2n) is 12.7. The molecule has 1 radical (unpaired) electrons. The zero-order valence-electron chi connectivity index (χ0n) is 27.2. The Bertz CT molecular complexity index is 564. The summed E-state index contributed by atoms with van der Waals surface area (Å²) in [5.74, 6) is 0. The molecule has 39 heavy (non-hydrogen) atoms. The van der Waals surface area contributed by atoms with E-state index in [1.165, 1.54) is 209 Å². The van der Waals surface area contributed by atoms with Crippen molar-refractivity contribution in [2.45, 2.75) is 206 Å². The Hall–Kier alpha value is -0.780. The van der Waals surface area contributed by atoms with Gasteiger partial charge in [-0.15, -0.1) is 0 Å². The summed E-state index contributed by atoms with van der Waals surface area (Å²) in [5, 5.41) is 0. The average Bonchev–Trinajstić information content (AvgIpc) is 2.95. The van der Waals surface area contributed by atoms with Gasteiger partial charge in [0.2, 0.25) is 0 Å². The van der Waals surface area contributed by atoms with E-state index in [2.05, 4.69) is 39.0 Å². The van der Waals surface area contributed by atoms with Gasteiger partial charge in [-0.2, -0.15) is 0 Å². The minimum Gasteiger partial charge on any atom is -0.0654 e. The molecule has 227 valence electrons. The molecule has 0 heterocycles. The van der Waals surface area contributed by atoms with E-state index >= 15 is 0 Å². The van der Waals surface area contributed by atoms with Crippen molar-refractivity contribution in [3.05, 3.63) is 41.8 Å². The molecule has 1 aromatic carbocycles. The number of aryl methyl sites for hydroxylation is 2. The first-order valence-electron chi connectivity index (χ1n) is 18.2. The fourth-order valence-electron chi connectivity index (χ4n) is 6.18. The Labute approximate surface area is 247 Å². The van der Waals surface area contributed by atoms with Crippen molar-refractivity contribution in [3.63, 3.8) is 0 Å². The molecular weight excluding hydrogens is 468 g/mol. The summed E-state index contributed by atoms with van der Waals surface area (Å²) >= 11 is 0. The van der Waals surface area contributed by atoms with Crippen LogP contribution in [-0.2, 0) is 12.8 Å². The molecule has 0 unspecified atom stereocenters. The standard InChI is InChI=1S/C39H71/c1-4-6-8-10-12-14-16-18-20-22-24-26-28-30-33-38-35-32-36-39(37(38)3)34-31-29-27-25-23-21-19-17-15-13-11-9-7-5-2/h32,35-36H,3-31,33-34H2,1-2H3. The summed E-state index contributed by atoms with van der Waals surface area (Å²) in [6, 6.07) is 6.95. The molecule has 0 aliphatic carbocycles. The molecule has 0 aliphatic rings. The maximum absolute atomic E-state index is 4.49. The first-order valence-corrected chi connectivity index (χ1v) is 18.2. The van der Waals surface area contributed by atoms with E-state index in [4.69, 9.17) is 0 Å². The number of hydrogen-bond donors (Lipinski definition) is 0. The highest BCUT2D eigenvalue weighted by molar-refractivity contribution is 5.37. The van der Waals surface area contributed by atoms with Crippen LogP contribution in [0.2, 0.25) is 0 Å². The van der Waals surface area contributed by atoms with E-state index < -0.39 is 0 Å². The molecule has 0 atom stereocenters. The molecule has 0 heteroatoms. The van der Waals surface area contributed by atoms with Gasteiger partial charge in [0.05, 0.1) is 0 Å². The smallest absolute Gasteiger partial charge is 0.0233 e. The van der Waals surface area contributed by atoms with Crippen LogP contribution in [-0.4, -0.2) is 0 Å². The first-order chi connectivity index (χ1) is 19.3. The Balaban J connectivity index is 1.95. The largest absolute Gasteiger partial charge is 0.0654 e. The topological polar surface area (TPSA) is 0 Å². The average molecular weight is 540 g/mol. The lowest BCUT2D eigenvalue weighted by atomic mass is 9.94. The highest BCUT2D eigenvalue weighted by Gasteiger charge is 2.05. The summed E-state index contributed by atoms with van der Waals surface area (Å²) in [5.41, 5.74) is 4.37. The molecule has 0 spiro atoms. The molecule has 0 saturated carbocycles. The third kappa shape index (κ3) is 22.6. The fraction of sp³-hybridized carbons (Fsp3) is 0.821. The van der Waals surface area contributed by atoms with Crippen LogP contribution in [0.1, 0.15) is 210 Å². The van der Waals surface area contributed by atoms with Crippen molar-refractivity contribution in [1.82, 2.24) is 0 Å². The molecule has 0 fully saturated rings. The molecule has 1 rings (SSSR count). The zero-order chi connectivity index (χ0) is 28.1. The highest BCUT2D eigenvalue weighted by Crippen LogP contribution is 2.20. The molecule has 0 bridgehead atoms. The van der Waals surface area contributed by atoms with Crippen molar-refractivity contribution in [2.24, 2.45) is 0 Å². The van der Waals surface area contributed by atoms with Gasteiger partial charge < -0.3 is 0 Å². The summed E-state index contributed by atoms with van der Waals surface area (Å²) in [4.78, 5) is 0. The van der Waals surface area contributed by atoms with Crippen LogP contribution in [0.15, 0.2) is 18.2 Å². The van der Waals surface area contributed by atoms with E-state index in [1.807, 2.05) is 0 Å². The zero-order valence-corrected chi connectivity index (χ0v) is 27.2. The van der Waals surface area contributed by atoms with E-state index in [0.717, 1.165) is 0 Å². The fourth-order valence-corrected chi connectivity index (χ4v) is 6.18. The van der Waals surface area contributed by atoms with Gasteiger partial charge in [0.25, 0.3) is 0 Å². The maximum atomic E-state index is 4.49. The van der Waals surface area contributed by atoms with Crippen molar-refractivity contribution >= 4 is 0 Å². The normalized spacial score (nSPS) is 11.5. The summed E-state index contributed by atoms with van der Waals surface area (Å²) in [7, 11) is 0. The molecule has 0 aromatic heterocycles. The van der Waals surface area contributed by atoms with Crippen LogP contribution < -0.4 is 0 Å². The summed E-state index contributed by atoms with van der Waals surface area (Å²) in [6.45, 7) is 9.10. The molecule has 0 nitrogen and oxygen atoms in total. The van der Waals surface area contributed by atoms with Crippen molar-refractivity contribution < 1.29 is 0 Å². The quantitative estimate of drug-likeness (QED) is 0.0853. The van der Waals surface area contributed by atoms with Gasteiger partial charge in [0.15, 0.2) is 0 Å². The molecular formula is C39H71. The van der Waals surface area contributed by atoms with E-state index in [1.54, 1.807) is 0 Å². The number of unbranched alkanes of at least 4 members (excludes halogenated alkanes) is 26. The Morgan fingerprint density at radius 2 is 0.590 bits per heavy atom. The lowest BCUT2D eigenvalue weighted by Crippen LogP contribution is -1.97. The van der Waals surface area contributed by atoms with Gasteiger partial charge in [0.1, 0.15) is 0 Å². The minimum atomic E-state index is 1.23. The SMILES string of the molecule is [CH2]c1c(CCCCCCCCCCCCCCCC)cccc1CCCCCCCCCCCCCCCC. The van der Waals surface area contributed by atoms with Gasteiger partial charge in [-0.1, -0.05) is 199 Å². The van der Waals surface area contributed by atoms with Crippen LogP contribution in [0, 0.1) is 6.92 Å². The Morgan fingerprint density at radius 1 is 0.359 bits per heavy atom. The van der Waals surface area contributed by atoms with Gasteiger partial charge in [-0.3, -0.25) is 0 Å². The first kappa shape index (κ1) is 36.2. The molecule has 0 N–H and O–H groups in total. The molecule has 1 aromatic rings. The van der Waals surface area contributed by atoms with E-state index in [9.17, 15) is 0 Å². The van der Waals surface area contributed by atoms with Crippen LogP contribution in [0.25, 0.3) is 0 Å². The van der Waals surface area contributed by atoms with Gasteiger partial charge in [-0.25, -0.2) is 0 Å². The van der Waals surface area contributed by atoms with Gasteiger partial charge in [-0.05, 0) is 49.3 Å². The number of rotatable bonds is 30. The third-order valence-electron chi connectivity index (χ3n) is 8.97. The van der Waals surface area contributed by atoms with Gasteiger partial charge in [0, 0.05) is 0 Å². The molecule has 0 aliphatic heterocycles. The second kappa shape index (κ2) is 28.7. The van der Waals surface area contributed by atoms with Crippen LogP contribution in [0.3, 0.4) is 0 Å². The van der Waals surface area contributed by atoms with Crippen molar-refractivity contribution in [2.75, 3.05) is 0 Å². The summed E-state index contributed by atoms with van der Waals surface area (Å²) in [6.07, 6.45) is 42.6. The van der Waals surface area contributed by atoms with Crippen LogP contribution in [0.4, 0.5) is 0 Å². The second-order valence-corrected chi connectivity index (χ2v) is 12.7. The maximum Gasteiger partial charge on any atom is -0.0233 e. The molecule has 0 saturated heterocycles. The Kier molecular flexibility index (Phi) is 26.7. The minimum absolute atomic E-state index is 1.23. The monoisotopic (exact) mass is 540 g/mol. The summed E-state index contributed by atoms with van der Waals surface area (Å²) < 4.78 is 0. The lowest BCUT2D eigenvalue weighted by molar-refractivity contribution is 0.535. The van der Waals surface area contributed by atoms with Crippen LogP contribution >= 0.6 is 0 Å². The number of benzene rings is 1. The van der Waals surface area contributed by atoms with Gasteiger partial charge >= 0.3 is 0 Å². The predicted octanol–water partition coefficient (Wildman–Crippen LogP) is 13.9. The third-order valence-corrected chi connectivity index (χ3v) is 8.97. The number of hydrogen-bond acceptors (Lipinski definition) is 0. The van der Waals surface area contributed by atoms with Crippen molar-refractivity contribution in [1.29, 1.82) is 0 Å². The molecule has 0 amide bonds. The lowest BCUT2D eigenvalue weighted by Gasteiger charge is -2.11. The van der Waals surface area contributed by atoms with E-state index in [-0.39, 0.29) is 0 Å².